The zero-order valence-corrected chi connectivity index (χ0v) is 20.2. The highest BCUT2D eigenvalue weighted by Crippen LogP contribution is 2.33. The first-order valence-electron chi connectivity index (χ1n) is 11.0. The van der Waals surface area contributed by atoms with Crippen molar-refractivity contribution in [1.82, 2.24) is 20.8 Å². The van der Waals surface area contributed by atoms with Crippen LogP contribution in [0.3, 0.4) is 0 Å². The molecule has 2 heterocycles. The lowest BCUT2D eigenvalue weighted by Crippen LogP contribution is -2.55. The summed E-state index contributed by atoms with van der Waals surface area (Å²) in [5.74, 6) is -4.14. The van der Waals surface area contributed by atoms with Gasteiger partial charge in [-0.1, -0.05) is 24.3 Å². The predicted molar refractivity (Wildman–Crippen MR) is 131 cm³/mol. The lowest BCUT2D eigenvalue weighted by molar-refractivity contribution is -0.123. The molecule has 1 aliphatic rings. The van der Waals surface area contributed by atoms with Crippen molar-refractivity contribution in [2.45, 2.75) is 18.4 Å². The van der Waals surface area contributed by atoms with E-state index in [2.05, 4.69) is 20.8 Å². The Kier molecular flexibility index (Phi) is 7.46. The molecule has 0 saturated heterocycles. The first-order chi connectivity index (χ1) is 18.0. The molecular formula is C22H20BN4O10P. The van der Waals surface area contributed by atoms with Gasteiger partial charge in [-0.3, -0.25) is 18.9 Å². The van der Waals surface area contributed by atoms with Crippen molar-refractivity contribution in [3.8, 4) is 5.75 Å². The van der Waals surface area contributed by atoms with E-state index in [1.165, 1.54) is 30.5 Å². The first-order valence-corrected chi connectivity index (χ1v) is 12.6. The van der Waals surface area contributed by atoms with Gasteiger partial charge < -0.3 is 35.2 Å². The highest BCUT2D eigenvalue weighted by molar-refractivity contribution is 7.60. The molecule has 1 aromatic heterocycles. The standard InChI is InChI=1S/C22H20BN4O10P/c28-19(15-8-9-24-27-20(15)29)26-17(11-4-6-13(7-5-11)38(34,35)36)21(30)25-16-10-12-2-1-3-14(22(31)32)18(12)37-23(16)33/h1-9,16-17,33H,10H2,(H,25,30)(H,26,28)(H,27,29)(H,31,32)(H2,34,35,36)/t16-,17+/m0/s1. The number of carboxylic acids is 1. The number of fused-ring (bicyclic) bond motifs is 1. The molecule has 4 rings (SSSR count). The minimum Gasteiger partial charge on any atom is -0.534 e. The molecule has 0 aliphatic carbocycles. The number of nitrogens with one attached hydrogen (secondary N) is 3. The van der Waals surface area contributed by atoms with Crippen LogP contribution in [0, 0.1) is 0 Å². The summed E-state index contributed by atoms with van der Waals surface area (Å²) in [5, 5.41) is 30.1. The molecule has 0 spiro atoms. The number of carbonyl (C=O) groups excluding carboxylic acids is 2. The summed E-state index contributed by atoms with van der Waals surface area (Å²) in [4.78, 5) is 68.4. The number of aromatic amines is 1. The fraction of sp³-hybridized carbons (Fsp3) is 0.136. The number of hydrogen-bond donors (Lipinski definition) is 7. The quantitative estimate of drug-likeness (QED) is 0.140. The maximum atomic E-state index is 13.3. The minimum absolute atomic E-state index is 0.00874. The molecule has 196 valence electrons. The maximum Gasteiger partial charge on any atom is 0.547 e. The topological polar surface area (TPSA) is 228 Å². The summed E-state index contributed by atoms with van der Waals surface area (Å²) < 4.78 is 16.9. The molecule has 2 aromatic carbocycles. The Labute approximate surface area is 214 Å². The molecule has 1 aliphatic heterocycles. The summed E-state index contributed by atoms with van der Waals surface area (Å²) in [6, 6.07) is 8.64. The van der Waals surface area contributed by atoms with E-state index in [4.69, 9.17) is 4.65 Å². The monoisotopic (exact) mass is 542 g/mol. The van der Waals surface area contributed by atoms with Gasteiger partial charge in [0.2, 0.25) is 5.91 Å². The molecule has 0 fully saturated rings. The van der Waals surface area contributed by atoms with E-state index in [9.17, 15) is 43.7 Å². The number of hydrogen-bond acceptors (Lipinski definition) is 8. The second-order valence-corrected chi connectivity index (χ2v) is 9.87. The summed E-state index contributed by atoms with van der Waals surface area (Å²) in [5.41, 5.74) is -0.804. The number of rotatable bonds is 7. The van der Waals surface area contributed by atoms with Crippen molar-refractivity contribution in [2.24, 2.45) is 0 Å². The van der Waals surface area contributed by atoms with E-state index in [0.717, 1.165) is 18.2 Å². The number of carbonyl (C=O) groups is 3. The van der Waals surface area contributed by atoms with Gasteiger partial charge in [0, 0.05) is 6.20 Å². The van der Waals surface area contributed by atoms with Gasteiger partial charge in [0.05, 0.1) is 16.8 Å². The molecule has 0 radical (unpaired) electrons. The lowest BCUT2D eigenvalue weighted by atomic mass is 9.72. The summed E-state index contributed by atoms with van der Waals surface area (Å²) in [6.07, 6.45) is 1.16. The van der Waals surface area contributed by atoms with Crippen LogP contribution >= 0.6 is 7.60 Å². The fourth-order valence-corrected chi connectivity index (χ4v) is 4.41. The van der Waals surface area contributed by atoms with Crippen molar-refractivity contribution in [3.05, 3.63) is 87.3 Å². The third-order valence-corrected chi connectivity index (χ3v) is 6.72. The van der Waals surface area contributed by atoms with Gasteiger partial charge in [-0.15, -0.1) is 0 Å². The molecule has 2 amide bonds. The molecule has 0 unspecified atom stereocenters. The van der Waals surface area contributed by atoms with Crippen molar-refractivity contribution >= 4 is 37.8 Å². The van der Waals surface area contributed by atoms with Crippen LogP contribution in [0.2, 0.25) is 0 Å². The van der Waals surface area contributed by atoms with E-state index in [1.807, 2.05) is 0 Å². The Morgan fingerprint density at radius 1 is 1.11 bits per heavy atom. The van der Waals surface area contributed by atoms with Crippen molar-refractivity contribution < 1.29 is 43.5 Å². The predicted octanol–water partition coefficient (Wildman–Crippen LogP) is -1.12. The van der Waals surface area contributed by atoms with Crippen molar-refractivity contribution in [2.75, 3.05) is 0 Å². The zero-order chi connectivity index (χ0) is 27.6. The normalized spacial score (nSPS) is 15.6. The average Bonchev–Trinajstić information content (AvgIpc) is 2.87. The van der Waals surface area contributed by atoms with Crippen molar-refractivity contribution in [1.29, 1.82) is 0 Å². The Morgan fingerprint density at radius 2 is 1.82 bits per heavy atom. The van der Waals surface area contributed by atoms with Gasteiger partial charge >= 0.3 is 20.7 Å². The molecule has 38 heavy (non-hydrogen) atoms. The average molecular weight is 542 g/mol. The molecule has 2 atom stereocenters. The number of nitrogens with zero attached hydrogens (tertiary/aromatic N) is 1. The summed E-state index contributed by atoms with van der Waals surface area (Å²) in [7, 11) is -6.22. The molecule has 7 N–H and O–H groups in total. The zero-order valence-electron chi connectivity index (χ0n) is 19.3. The number of carboxylic acid groups (broad SMARTS) is 1. The van der Waals surface area contributed by atoms with Crippen LogP contribution in [0.1, 0.15) is 37.9 Å². The molecule has 16 heteroatoms. The van der Waals surface area contributed by atoms with Crippen LogP contribution < -0.4 is 26.2 Å². The van der Waals surface area contributed by atoms with Crippen LogP contribution in [-0.4, -0.2) is 61.0 Å². The van der Waals surface area contributed by atoms with E-state index in [0.29, 0.717) is 5.56 Å². The highest BCUT2D eigenvalue weighted by atomic mass is 31.2. The SMILES string of the molecule is O=C(O)c1cccc2c1OB(O)[C@@H](NC(=O)[C@H](NC(=O)c1ccn[nH]c1=O)c1ccc(P(=O)(O)O)cc1)C2. The number of H-pyrrole nitrogens is 1. The van der Waals surface area contributed by atoms with Gasteiger partial charge in [-0.25, -0.2) is 9.89 Å². The van der Waals surface area contributed by atoms with Gasteiger partial charge in [0.25, 0.3) is 11.5 Å². The Balaban J connectivity index is 1.62. The fourth-order valence-electron chi connectivity index (χ4n) is 3.87. The Bertz CT molecular complexity index is 1510. The molecule has 0 bridgehead atoms. The maximum absolute atomic E-state index is 13.3. The number of benzene rings is 2. The number of aromatic carboxylic acids is 1. The molecule has 0 saturated carbocycles. The third-order valence-electron chi connectivity index (χ3n) is 5.75. The smallest absolute Gasteiger partial charge is 0.534 e. The van der Waals surface area contributed by atoms with E-state index in [1.54, 1.807) is 6.07 Å². The van der Waals surface area contributed by atoms with Gasteiger partial charge in [0.15, 0.2) is 0 Å². The van der Waals surface area contributed by atoms with Crippen LogP contribution in [0.4, 0.5) is 0 Å². The van der Waals surface area contributed by atoms with Gasteiger partial charge in [-0.2, -0.15) is 5.10 Å². The molecular weight excluding hydrogens is 522 g/mol. The first kappa shape index (κ1) is 26.8. The Morgan fingerprint density at radius 3 is 2.45 bits per heavy atom. The largest absolute Gasteiger partial charge is 0.547 e. The molecule has 3 aromatic rings. The Hall–Kier alpha value is -4.30. The number of para-hydroxylation sites is 1. The van der Waals surface area contributed by atoms with Crippen LogP contribution in [0.5, 0.6) is 5.75 Å². The highest BCUT2D eigenvalue weighted by Gasteiger charge is 2.39. The number of amides is 2. The van der Waals surface area contributed by atoms with E-state index < -0.39 is 50.0 Å². The van der Waals surface area contributed by atoms with Gasteiger partial charge in [-0.05, 0) is 41.8 Å². The van der Waals surface area contributed by atoms with Gasteiger partial charge in [0.1, 0.15) is 17.4 Å². The van der Waals surface area contributed by atoms with Crippen LogP contribution in [0.15, 0.2) is 59.5 Å². The summed E-state index contributed by atoms with van der Waals surface area (Å²) in [6.45, 7) is 0. The lowest BCUT2D eigenvalue weighted by Gasteiger charge is -2.30. The van der Waals surface area contributed by atoms with E-state index in [-0.39, 0.29) is 34.2 Å². The van der Waals surface area contributed by atoms with E-state index >= 15 is 0 Å². The minimum atomic E-state index is -4.58. The summed E-state index contributed by atoms with van der Waals surface area (Å²) >= 11 is 0. The van der Waals surface area contributed by atoms with Crippen LogP contribution in [0.25, 0.3) is 0 Å². The van der Waals surface area contributed by atoms with Crippen LogP contribution in [-0.2, 0) is 15.8 Å². The number of aromatic nitrogens is 2. The second kappa shape index (κ2) is 10.6. The molecule has 14 nitrogen and oxygen atoms in total. The van der Waals surface area contributed by atoms with Crippen molar-refractivity contribution in [3.63, 3.8) is 0 Å². The second-order valence-electron chi connectivity index (χ2n) is 8.27. The third kappa shape index (κ3) is 5.65.